The molecule has 142 valence electrons. The van der Waals surface area contributed by atoms with Gasteiger partial charge in [-0.15, -0.1) is 10.2 Å². The largest absolute Gasteiger partial charge is 0.285 e. The Bertz CT molecular complexity index is 1200. The Morgan fingerprint density at radius 1 is 0.963 bits per heavy atom. The Kier molecular flexibility index (Phi) is 4.26. The molecule has 11 heteroatoms. The SMILES string of the molecule is NS(=O)(=O)c1ccc(S(=O)(=O)N2CCCC2c2nnc3ccccn23)cc1. The van der Waals surface area contributed by atoms with Gasteiger partial charge in [-0.1, -0.05) is 6.07 Å². The first-order chi connectivity index (χ1) is 12.8. The van der Waals surface area contributed by atoms with Gasteiger partial charge in [0.2, 0.25) is 20.0 Å². The smallest absolute Gasteiger partial charge is 0.243 e. The van der Waals surface area contributed by atoms with Crippen molar-refractivity contribution < 1.29 is 16.8 Å². The van der Waals surface area contributed by atoms with Gasteiger partial charge in [0.15, 0.2) is 11.5 Å². The average molecular weight is 407 g/mol. The zero-order chi connectivity index (χ0) is 19.2. The van der Waals surface area contributed by atoms with Crippen LogP contribution in [0, 0.1) is 0 Å². The first-order valence-corrected chi connectivity index (χ1v) is 11.2. The fraction of sp³-hybridized carbons (Fsp3) is 0.250. The second-order valence-corrected chi connectivity index (χ2v) is 9.73. The molecule has 1 fully saturated rings. The van der Waals surface area contributed by atoms with Crippen molar-refractivity contribution in [2.75, 3.05) is 6.54 Å². The predicted octanol–water partition coefficient (Wildman–Crippen LogP) is 0.902. The summed E-state index contributed by atoms with van der Waals surface area (Å²) >= 11 is 0. The molecule has 1 unspecified atom stereocenters. The Morgan fingerprint density at radius 3 is 2.37 bits per heavy atom. The molecule has 1 aromatic carbocycles. The highest BCUT2D eigenvalue weighted by molar-refractivity contribution is 7.89. The standard InChI is InChI=1S/C16H17N5O4S2/c17-26(22,23)12-6-8-13(9-7-12)27(24,25)21-11-3-4-14(21)16-19-18-15-5-1-2-10-20(15)16/h1-2,5-10,14H,3-4,11H2,(H2,17,22,23). The van der Waals surface area contributed by atoms with Crippen molar-refractivity contribution in [1.82, 2.24) is 18.9 Å². The summed E-state index contributed by atoms with van der Waals surface area (Å²) in [6, 6.07) is 9.93. The van der Waals surface area contributed by atoms with E-state index in [0.29, 0.717) is 30.9 Å². The number of pyridine rings is 1. The Morgan fingerprint density at radius 2 is 1.67 bits per heavy atom. The molecule has 0 amide bonds. The number of fused-ring (bicyclic) bond motifs is 1. The van der Waals surface area contributed by atoms with Crippen molar-refractivity contribution in [3.63, 3.8) is 0 Å². The van der Waals surface area contributed by atoms with E-state index in [4.69, 9.17) is 5.14 Å². The number of benzene rings is 1. The highest BCUT2D eigenvalue weighted by Gasteiger charge is 2.38. The van der Waals surface area contributed by atoms with E-state index in [-0.39, 0.29) is 9.79 Å². The molecular weight excluding hydrogens is 390 g/mol. The molecule has 0 spiro atoms. The topological polar surface area (TPSA) is 128 Å². The van der Waals surface area contributed by atoms with Crippen LogP contribution >= 0.6 is 0 Å². The summed E-state index contributed by atoms with van der Waals surface area (Å²) < 4.78 is 52.2. The molecule has 1 saturated heterocycles. The molecule has 0 bridgehead atoms. The normalized spacial score (nSPS) is 18.9. The van der Waals surface area contributed by atoms with Crippen LogP contribution in [0.1, 0.15) is 24.7 Å². The van der Waals surface area contributed by atoms with Crippen molar-refractivity contribution in [2.24, 2.45) is 5.14 Å². The van der Waals surface area contributed by atoms with Gasteiger partial charge in [0.1, 0.15) is 0 Å². The van der Waals surface area contributed by atoms with Gasteiger partial charge in [0.25, 0.3) is 0 Å². The van der Waals surface area contributed by atoms with Gasteiger partial charge in [0.05, 0.1) is 15.8 Å². The van der Waals surface area contributed by atoms with E-state index in [1.807, 2.05) is 12.1 Å². The third-order valence-corrected chi connectivity index (χ3v) is 7.45. The molecule has 0 saturated carbocycles. The lowest BCUT2D eigenvalue weighted by molar-refractivity contribution is 0.381. The van der Waals surface area contributed by atoms with E-state index in [1.165, 1.54) is 28.6 Å². The zero-order valence-corrected chi connectivity index (χ0v) is 15.8. The number of nitrogens with two attached hydrogens (primary N) is 1. The molecule has 2 aromatic heterocycles. The molecular formula is C16H17N5O4S2. The van der Waals surface area contributed by atoms with Crippen molar-refractivity contribution in [2.45, 2.75) is 28.7 Å². The number of hydrogen-bond acceptors (Lipinski definition) is 6. The fourth-order valence-electron chi connectivity index (χ4n) is 3.31. The number of nitrogens with zero attached hydrogens (tertiary/aromatic N) is 4. The third kappa shape index (κ3) is 3.12. The number of hydrogen-bond donors (Lipinski definition) is 1. The van der Waals surface area contributed by atoms with Crippen LogP contribution in [0.5, 0.6) is 0 Å². The van der Waals surface area contributed by atoms with Crippen LogP contribution in [-0.4, -0.2) is 42.3 Å². The van der Waals surface area contributed by atoms with E-state index in [2.05, 4.69) is 10.2 Å². The monoisotopic (exact) mass is 407 g/mol. The maximum absolute atomic E-state index is 13.1. The van der Waals surface area contributed by atoms with Gasteiger partial charge in [-0.2, -0.15) is 4.31 Å². The molecule has 1 aliphatic heterocycles. The predicted molar refractivity (Wildman–Crippen MR) is 96.7 cm³/mol. The van der Waals surface area contributed by atoms with E-state index < -0.39 is 26.1 Å². The molecule has 4 rings (SSSR count). The van der Waals surface area contributed by atoms with Crippen LogP contribution in [0.15, 0.2) is 58.5 Å². The fourth-order valence-corrected chi connectivity index (χ4v) is 5.48. The van der Waals surface area contributed by atoms with Gasteiger partial charge in [0, 0.05) is 12.7 Å². The molecule has 2 N–H and O–H groups in total. The van der Waals surface area contributed by atoms with E-state index >= 15 is 0 Å². The first-order valence-electron chi connectivity index (χ1n) is 8.23. The molecule has 3 heterocycles. The minimum absolute atomic E-state index is 0.00983. The Hall–Kier alpha value is -2.34. The maximum atomic E-state index is 13.1. The van der Waals surface area contributed by atoms with Crippen molar-refractivity contribution in [3.05, 3.63) is 54.5 Å². The molecule has 3 aromatic rings. The zero-order valence-electron chi connectivity index (χ0n) is 14.1. The van der Waals surface area contributed by atoms with Crippen LogP contribution in [0.4, 0.5) is 0 Å². The summed E-state index contributed by atoms with van der Waals surface area (Å²) in [7, 11) is -7.71. The number of primary sulfonamides is 1. The lowest BCUT2D eigenvalue weighted by Gasteiger charge is -2.23. The molecule has 27 heavy (non-hydrogen) atoms. The van der Waals surface area contributed by atoms with E-state index in [9.17, 15) is 16.8 Å². The third-order valence-electron chi connectivity index (χ3n) is 4.60. The van der Waals surface area contributed by atoms with Gasteiger partial charge in [-0.3, -0.25) is 4.40 Å². The van der Waals surface area contributed by atoms with Crippen LogP contribution in [0.2, 0.25) is 0 Å². The summed E-state index contributed by atoms with van der Waals surface area (Å²) in [6.07, 6.45) is 3.12. The lowest BCUT2D eigenvalue weighted by atomic mass is 10.2. The first kappa shape index (κ1) is 18.0. The van der Waals surface area contributed by atoms with Gasteiger partial charge in [-0.25, -0.2) is 22.0 Å². The lowest BCUT2D eigenvalue weighted by Crippen LogP contribution is -2.31. The van der Waals surface area contributed by atoms with Crippen molar-refractivity contribution in [3.8, 4) is 0 Å². The molecule has 1 aliphatic rings. The summed E-state index contributed by atoms with van der Waals surface area (Å²) in [5, 5.41) is 13.4. The van der Waals surface area contributed by atoms with Gasteiger partial charge < -0.3 is 0 Å². The summed E-state index contributed by atoms with van der Waals surface area (Å²) in [6.45, 7) is 0.353. The number of sulfonamides is 2. The Balaban J connectivity index is 1.72. The average Bonchev–Trinajstić information content (AvgIpc) is 3.28. The van der Waals surface area contributed by atoms with Crippen LogP contribution < -0.4 is 5.14 Å². The molecule has 1 atom stereocenters. The number of aromatic nitrogens is 3. The van der Waals surface area contributed by atoms with Gasteiger partial charge >= 0.3 is 0 Å². The summed E-state index contributed by atoms with van der Waals surface area (Å²) in [5.41, 5.74) is 0.647. The Labute approximate surface area is 156 Å². The second-order valence-electron chi connectivity index (χ2n) is 6.28. The number of rotatable bonds is 4. The second kappa shape index (κ2) is 6.37. The van der Waals surface area contributed by atoms with E-state index in [0.717, 1.165) is 0 Å². The molecule has 0 aliphatic carbocycles. The van der Waals surface area contributed by atoms with Crippen LogP contribution in [-0.2, 0) is 20.0 Å². The van der Waals surface area contributed by atoms with E-state index in [1.54, 1.807) is 16.7 Å². The van der Waals surface area contributed by atoms with Crippen molar-refractivity contribution in [1.29, 1.82) is 0 Å². The minimum Gasteiger partial charge on any atom is -0.285 e. The van der Waals surface area contributed by atoms with Crippen LogP contribution in [0.25, 0.3) is 5.65 Å². The molecule has 0 radical (unpaired) electrons. The van der Waals surface area contributed by atoms with Gasteiger partial charge in [-0.05, 0) is 49.2 Å². The summed E-state index contributed by atoms with van der Waals surface area (Å²) in [4.78, 5) is -0.126. The highest BCUT2D eigenvalue weighted by Crippen LogP contribution is 2.36. The van der Waals surface area contributed by atoms with Crippen LogP contribution in [0.3, 0.4) is 0 Å². The van der Waals surface area contributed by atoms with Crippen molar-refractivity contribution >= 4 is 25.7 Å². The quantitative estimate of drug-likeness (QED) is 0.684. The minimum atomic E-state index is -3.88. The summed E-state index contributed by atoms with van der Waals surface area (Å²) in [5.74, 6) is 0.563. The highest BCUT2D eigenvalue weighted by atomic mass is 32.2. The molecule has 9 nitrogen and oxygen atoms in total. The maximum Gasteiger partial charge on any atom is 0.243 e.